The molecule has 2 aliphatic rings. The number of nitrogens with zero attached hydrogens (tertiary/aromatic N) is 1. The molecule has 4 atom stereocenters. The third-order valence-electron chi connectivity index (χ3n) is 6.14. The highest BCUT2D eigenvalue weighted by Crippen LogP contribution is 2.35. The number of hydrogen-bond donors (Lipinski definition) is 1. The van der Waals surface area contributed by atoms with Gasteiger partial charge in [-0.3, -0.25) is 4.90 Å². The fourth-order valence-corrected chi connectivity index (χ4v) is 4.60. The molecule has 0 aromatic heterocycles. The molecule has 0 unspecified atom stereocenters. The van der Waals surface area contributed by atoms with E-state index in [-0.39, 0.29) is 0 Å². The number of ether oxygens (including phenoxy) is 1. The fraction of sp³-hybridized carbons (Fsp3) is 0.727. The molecule has 1 aromatic carbocycles. The number of hydrogen-bond acceptors (Lipinski definition) is 3. The largest absolute Gasteiger partial charge is 0.389 e. The lowest BCUT2D eigenvalue weighted by atomic mass is 9.75. The zero-order chi connectivity index (χ0) is 17.8. The normalized spacial score (nSPS) is 28.8. The maximum Gasteiger partial charge on any atom is 0.0900 e. The van der Waals surface area contributed by atoms with Gasteiger partial charge in [-0.2, -0.15) is 0 Å². The monoisotopic (exact) mass is 345 g/mol. The summed E-state index contributed by atoms with van der Waals surface area (Å²) in [5.41, 5.74) is 2.86. The molecule has 140 valence electrons. The zero-order valence-electron chi connectivity index (χ0n) is 16.2. The van der Waals surface area contributed by atoms with E-state index in [1.54, 1.807) is 0 Å². The van der Waals surface area contributed by atoms with E-state index >= 15 is 0 Å². The molecule has 25 heavy (non-hydrogen) atoms. The van der Waals surface area contributed by atoms with Crippen molar-refractivity contribution in [3.05, 3.63) is 35.4 Å². The molecule has 3 heteroatoms. The molecule has 1 heterocycles. The minimum absolute atomic E-state index is 0.320. The SMILES string of the molecule is CC(C)[C@H]1CC[C@@H](C)C[C@H]1OC[C@H](O)CN1CCc2ccccc2C1. The second-order valence-corrected chi connectivity index (χ2v) is 8.61. The van der Waals surface area contributed by atoms with Crippen LogP contribution in [-0.2, 0) is 17.7 Å². The molecule has 1 N–H and O–H groups in total. The van der Waals surface area contributed by atoms with Gasteiger partial charge >= 0.3 is 0 Å². The van der Waals surface area contributed by atoms with Crippen LogP contribution in [0.15, 0.2) is 24.3 Å². The zero-order valence-corrected chi connectivity index (χ0v) is 16.2. The second kappa shape index (κ2) is 8.66. The van der Waals surface area contributed by atoms with Crippen molar-refractivity contribution in [3.63, 3.8) is 0 Å². The summed E-state index contributed by atoms with van der Waals surface area (Å²) in [5.74, 6) is 2.05. The molecule has 3 rings (SSSR count). The lowest BCUT2D eigenvalue weighted by molar-refractivity contribution is -0.0744. The van der Waals surface area contributed by atoms with Gasteiger partial charge in [0.05, 0.1) is 18.8 Å². The smallest absolute Gasteiger partial charge is 0.0900 e. The number of rotatable bonds is 6. The number of aliphatic hydroxyl groups is 1. The summed E-state index contributed by atoms with van der Waals surface area (Å²) in [6.45, 7) is 10.1. The molecular formula is C22H35NO2. The van der Waals surface area contributed by atoms with Crippen molar-refractivity contribution in [1.29, 1.82) is 0 Å². The van der Waals surface area contributed by atoms with Crippen LogP contribution in [0.3, 0.4) is 0 Å². The van der Waals surface area contributed by atoms with E-state index in [4.69, 9.17) is 4.74 Å². The van der Waals surface area contributed by atoms with E-state index < -0.39 is 6.10 Å². The topological polar surface area (TPSA) is 32.7 Å². The Kier molecular flexibility index (Phi) is 6.54. The first-order valence-corrected chi connectivity index (χ1v) is 10.1. The Labute approximate surface area is 153 Å². The first-order chi connectivity index (χ1) is 12.0. The molecule has 1 fully saturated rings. The average molecular weight is 346 g/mol. The summed E-state index contributed by atoms with van der Waals surface area (Å²) in [7, 11) is 0. The Morgan fingerprint density at radius 3 is 2.72 bits per heavy atom. The van der Waals surface area contributed by atoms with Gasteiger partial charge in [0.1, 0.15) is 0 Å². The number of fused-ring (bicyclic) bond motifs is 1. The maximum atomic E-state index is 10.5. The van der Waals surface area contributed by atoms with Gasteiger partial charge in [-0.15, -0.1) is 0 Å². The van der Waals surface area contributed by atoms with E-state index in [2.05, 4.69) is 49.9 Å². The Hall–Kier alpha value is -0.900. The van der Waals surface area contributed by atoms with Gasteiger partial charge < -0.3 is 9.84 Å². The van der Waals surface area contributed by atoms with Crippen LogP contribution in [-0.4, -0.2) is 41.9 Å². The van der Waals surface area contributed by atoms with Crippen molar-refractivity contribution in [1.82, 2.24) is 4.90 Å². The Morgan fingerprint density at radius 2 is 1.96 bits per heavy atom. The molecular weight excluding hydrogens is 310 g/mol. The van der Waals surface area contributed by atoms with E-state index in [9.17, 15) is 5.11 Å². The van der Waals surface area contributed by atoms with Gasteiger partial charge in [-0.1, -0.05) is 51.5 Å². The number of benzene rings is 1. The van der Waals surface area contributed by atoms with Crippen LogP contribution < -0.4 is 0 Å². The lowest BCUT2D eigenvalue weighted by Crippen LogP contribution is -2.41. The third kappa shape index (κ3) is 5.06. The fourth-order valence-electron chi connectivity index (χ4n) is 4.60. The molecule has 0 bridgehead atoms. The molecule has 3 nitrogen and oxygen atoms in total. The summed E-state index contributed by atoms with van der Waals surface area (Å²) in [5, 5.41) is 10.5. The van der Waals surface area contributed by atoms with Crippen LogP contribution in [0.1, 0.15) is 51.2 Å². The summed E-state index contributed by atoms with van der Waals surface area (Å²) in [4.78, 5) is 2.36. The standard InChI is InChI=1S/C22H35NO2/c1-16(2)21-9-8-17(3)12-22(21)25-15-20(24)14-23-11-10-18-6-4-5-7-19(18)13-23/h4-7,16-17,20-22,24H,8-15H2,1-3H3/t17-,20-,21-,22-/m1/s1. The van der Waals surface area contributed by atoms with Gasteiger partial charge in [0.15, 0.2) is 0 Å². The molecule has 1 aliphatic carbocycles. The molecule has 1 aliphatic heterocycles. The highest BCUT2D eigenvalue weighted by Gasteiger charge is 2.32. The van der Waals surface area contributed by atoms with Crippen molar-refractivity contribution in [2.75, 3.05) is 19.7 Å². The minimum Gasteiger partial charge on any atom is -0.389 e. The van der Waals surface area contributed by atoms with Crippen LogP contribution in [0.4, 0.5) is 0 Å². The highest BCUT2D eigenvalue weighted by atomic mass is 16.5. The van der Waals surface area contributed by atoms with E-state index in [0.717, 1.165) is 31.8 Å². The Balaban J connectivity index is 1.47. The molecule has 0 amide bonds. The van der Waals surface area contributed by atoms with Crippen molar-refractivity contribution >= 4 is 0 Å². The van der Waals surface area contributed by atoms with E-state index in [0.29, 0.717) is 31.1 Å². The second-order valence-electron chi connectivity index (χ2n) is 8.61. The first kappa shape index (κ1) is 18.9. The predicted octanol–water partition coefficient (Wildman–Crippen LogP) is 3.88. The van der Waals surface area contributed by atoms with Gasteiger partial charge in [0, 0.05) is 19.6 Å². The van der Waals surface area contributed by atoms with Crippen LogP contribution in [0.5, 0.6) is 0 Å². The quantitative estimate of drug-likeness (QED) is 0.849. The molecule has 0 radical (unpaired) electrons. The van der Waals surface area contributed by atoms with Gasteiger partial charge in [-0.25, -0.2) is 0 Å². The molecule has 0 saturated heterocycles. The third-order valence-corrected chi connectivity index (χ3v) is 6.14. The average Bonchev–Trinajstić information content (AvgIpc) is 2.59. The highest BCUT2D eigenvalue weighted by molar-refractivity contribution is 5.29. The molecule has 1 saturated carbocycles. The summed E-state index contributed by atoms with van der Waals surface area (Å²) in [6, 6.07) is 8.66. The van der Waals surface area contributed by atoms with Gasteiger partial charge in [-0.05, 0) is 48.1 Å². The molecule has 0 spiro atoms. The Morgan fingerprint density at radius 1 is 1.20 bits per heavy atom. The van der Waals surface area contributed by atoms with Crippen LogP contribution in [0, 0.1) is 17.8 Å². The predicted molar refractivity (Wildman–Crippen MR) is 103 cm³/mol. The summed E-state index contributed by atoms with van der Waals surface area (Å²) >= 11 is 0. The summed E-state index contributed by atoms with van der Waals surface area (Å²) < 4.78 is 6.22. The van der Waals surface area contributed by atoms with Crippen molar-refractivity contribution in [2.45, 2.75) is 65.2 Å². The van der Waals surface area contributed by atoms with Crippen LogP contribution in [0.25, 0.3) is 0 Å². The Bertz CT molecular complexity index is 545. The minimum atomic E-state index is -0.393. The van der Waals surface area contributed by atoms with Gasteiger partial charge in [0.25, 0.3) is 0 Å². The lowest BCUT2D eigenvalue weighted by Gasteiger charge is -2.38. The van der Waals surface area contributed by atoms with E-state index in [1.165, 1.54) is 24.0 Å². The van der Waals surface area contributed by atoms with Gasteiger partial charge in [0.2, 0.25) is 0 Å². The number of aliphatic hydroxyl groups excluding tert-OH is 1. The molecule has 1 aromatic rings. The van der Waals surface area contributed by atoms with Crippen molar-refractivity contribution in [3.8, 4) is 0 Å². The van der Waals surface area contributed by atoms with Crippen molar-refractivity contribution < 1.29 is 9.84 Å². The maximum absolute atomic E-state index is 10.5. The van der Waals surface area contributed by atoms with Crippen LogP contribution >= 0.6 is 0 Å². The number of β-amino-alcohol motifs (C(OH)–C–C–N with tert-alkyl or cyclic N) is 1. The van der Waals surface area contributed by atoms with E-state index in [1.807, 2.05) is 0 Å². The first-order valence-electron chi connectivity index (χ1n) is 10.1. The van der Waals surface area contributed by atoms with Crippen LogP contribution in [0.2, 0.25) is 0 Å². The van der Waals surface area contributed by atoms with Crippen molar-refractivity contribution in [2.24, 2.45) is 17.8 Å². The summed E-state index contributed by atoms with van der Waals surface area (Å²) in [6.07, 6.45) is 4.74.